The number of hydrogen-bond donors (Lipinski definition) is 1. The van der Waals surface area contributed by atoms with E-state index in [4.69, 9.17) is 0 Å². The fourth-order valence-corrected chi connectivity index (χ4v) is 5.18. The Hall–Kier alpha value is -2.35. The van der Waals surface area contributed by atoms with Crippen molar-refractivity contribution in [2.24, 2.45) is 0 Å². The van der Waals surface area contributed by atoms with Crippen LogP contribution in [0.5, 0.6) is 5.75 Å². The maximum Gasteiger partial charge on any atom is 0.193 e. The largest absolute Gasteiger partial charge is 0.508 e. The molecule has 0 unspecified atom stereocenters. The summed E-state index contributed by atoms with van der Waals surface area (Å²) in [7, 11) is 0. The van der Waals surface area contributed by atoms with Crippen LogP contribution in [-0.4, -0.2) is 10.9 Å². The van der Waals surface area contributed by atoms with E-state index < -0.39 is 0 Å². The minimum absolute atomic E-state index is 0.0609. The van der Waals surface area contributed by atoms with E-state index in [1.807, 2.05) is 18.2 Å². The van der Waals surface area contributed by atoms with Gasteiger partial charge in [-0.2, -0.15) is 0 Å². The standard InChI is InChI=1S/C22H20O2/c23-15-8-9-17-18(13-15)22(10-4-1-5-11-22)19-12-14-6-2-3-7-16(14)20(19)21(17)24/h2-3,6-9,13,23H,1,4-5,10-12H2. The Labute approximate surface area is 141 Å². The summed E-state index contributed by atoms with van der Waals surface area (Å²) in [4.78, 5) is 13.3. The van der Waals surface area contributed by atoms with Crippen molar-refractivity contribution < 1.29 is 9.90 Å². The monoisotopic (exact) mass is 316 g/mol. The van der Waals surface area contributed by atoms with Crippen LogP contribution < -0.4 is 0 Å². The number of benzene rings is 2. The first-order valence-corrected chi connectivity index (χ1v) is 8.91. The molecule has 3 aliphatic rings. The SMILES string of the molecule is O=C1C2=C(Cc3ccccc32)C2(CCCCC2)c2cc(O)ccc21. The molecule has 3 aliphatic carbocycles. The van der Waals surface area contributed by atoms with Crippen molar-refractivity contribution in [3.05, 3.63) is 70.3 Å². The van der Waals surface area contributed by atoms with Gasteiger partial charge in [-0.3, -0.25) is 4.79 Å². The first kappa shape index (κ1) is 14.0. The zero-order valence-corrected chi connectivity index (χ0v) is 13.6. The lowest BCUT2D eigenvalue weighted by atomic mass is 9.59. The second-order valence-electron chi connectivity index (χ2n) is 7.39. The van der Waals surface area contributed by atoms with Crippen molar-refractivity contribution in [2.45, 2.75) is 43.9 Å². The lowest BCUT2D eigenvalue weighted by molar-refractivity contribution is 0.104. The van der Waals surface area contributed by atoms with Crippen LogP contribution in [0.15, 0.2) is 48.0 Å². The topological polar surface area (TPSA) is 37.3 Å². The lowest BCUT2D eigenvalue weighted by Crippen LogP contribution is -2.37. The van der Waals surface area contributed by atoms with Gasteiger partial charge < -0.3 is 5.11 Å². The summed E-state index contributed by atoms with van der Waals surface area (Å²) in [5.41, 5.74) is 6.47. The van der Waals surface area contributed by atoms with E-state index in [2.05, 4.69) is 18.2 Å². The molecule has 0 radical (unpaired) electrons. The fraction of sp³-hybridized carbons (Fsp3) is 0.318. The predicted octanol–water partition coefficient (Wildman–Crippen LogP) is 4.80. The van der Waals surface area contributed by atoms with Crippen LogP contribution in [0.1, 0.15) is 59.2 Å². The highest BCUT2D eigenvalue weighted by Crippen LogP contribution is 2.56. The Balaban J connectivity index is 1.81. The van der Waals surface area contributed by atoms with Gasteiger partial charge in [-0.05, 0) is 59.7 Å². The molecule has 2 aromatic rings. The smallest absolute Gasteiger partial charge is 0.193 e. The van der Waals surface area contributed by atoms with E-state index >= 15 is 0 Å². The molecule has 0 saturated heterocycles. The van der Waals surface area contributed by atoms with Crippen molar-refractivity contribution in [1.29, 1.82) is 0 Å². The summed E-state index contributed by atoms with van der Waals surface area (Å²) in [5, 5.41) is 10.1. The van der Waals surface area contributed by atoms with Crippen LogP contribution in [0.2, 0.25) is 0 Å². The van der Waals surface area contributed by atoms with Gasteiger partial charge in [-0.15, -0.1) is 0 Å². The first-order valence-electron chi connectivity index (χ1n) is 8.91. The summed E-state index contributed by atoms with van der Waals surface area (Å²) in [6.45, 7) is 0. The van der Waals surface area contributed by atoms with Gasteiger partial charge in [0.25, 0.3) is 0 Å². The van der Waals surface area contributed by atoms with E-state index in [-0.39, 0.29) is 16.9 Å². The molecule has 2 aromatic carbocycles. The van der Waals surface area contributed by atoms with E-state index in [0.717, 1.165) is 41.5 Å². The van der Waals surface area contributed by atoms with Crippen LogP contribution in [0.4, 0.5) is 0 Å². The molecule has 2 nitrogen and oxygen atoms in total. The number of carbonyl (C=O) groups is 1. The van der Waals surface area contributed by atoms with Crippen molar-refractivity contribution >= 4 is 11.4 Å². The normalized spacial score (nSPS) is 20.8. The highest BCUT2D eigenvalue weighted by Gasteiger charge is 2.48. The average Bonchev–Trinajstić information content (AvgIpc) is 3.01. The first-order chi connectivity index (χ1) is 11.7. The Bertz CT molecular complexity index is 898. The number of phenolic OH excluding ortho intramolecular Hbond substituents is 1. The van der Waals surface area contributed by atoms with Gasteiger partial charge in [0, 0.05) is 16.6 Å². The molecule has 1 saturated carbocycles. The molecule has 0 amide bonds. The zero-order valence-electron chi connectivity index (χ0n) is 13.6. The third-order valence-electron chi connectivity index (χ3n) is 6.23. The summed E-state index contributed by atoms with van der Waals surface area (Å²) in [6, 6.07) is 13.7. The molecule has 1 spiro atoms. The average molecular weight is 316 g/mol. The number of ketones is 1. The second-order valence-corrected chi connectivity index (χ2v) is 7.39. The van der Waals surface area contributed by atoms with E-state index in [1.54, 1.807) is 6.07 Å². The zero-order chi connectivity index (χ0) is 16.3. The highest BCUT2D eigenvalue weighted by atomic mass is 16.3. The molecular formula is C22H20O2. The van der Waals surface area contributed by atoms with Gasteiger partial charge in [-0.1, -0.05) is 43.5 Å². The Morgan fingerprint density at radius 2 is 1.71 bits per heavy atom. The van der Waals surface area contributed by atoms with E-state index in [0.29, 0.717) is 0 Å². The number of phenols is 1. The highest BCUT2D eigenvalue weighted by molar-refractivity contribution is 6.33. The Kier molecular flexibility index (Phi) is 2.82. The van der Waals surface area contributed by atoms with Crippen LogP contribution >= 0.6 is 0 Å². The fourth-order valence-electron chi connectivity index (χ4n) is 5.18. The molecule has 1 fully saturated rings. The van der Waals surface area contributed by atoms with Gasteiger partial charge in [0.15, 0.2) is 5.78 Å². The van der Waals surface area contributed by atoms with Gasteiger partial charge in [0.2, 0.25) is 0 Å². The minimum atomic E-state index is -0.0609. The molecule has 0 aromatic heterocycles. The maximum atomic E-state index is 13.3. The molecule has 0 heterocycles. The summed E-state index contributed by atoms with van der Waals surface area (Å²) >= 11 is 0. The number of carbonyl (C=O) groups excluding carboxylic acids is 1. The molecule has 120 valence electrons. The Morgan fingerprint density at radius 3 is 2.54 bits per heavy atom. The minimum Gasteiger partial charge on any atom is -0.508 e. The Morgan fingerprint density at radius 1 is 0.917 bits per heavy atom. The molecule has 24 heavy (non-hydrogen) atoms. The summed E-state index contributed by atoms with van der Waals surface area (Å²) in [6.07, 6.45) is 6.70. The van der Waals surface area contributed by atoms with E-state index in [9.17, 15) is 9.90 Å². The predicted molar refractivity (Wildman–Crippen MR) is 94.3 cm³/mol. The van der Waals surface area contributed by atoms with Gasteiger partial charge in [0.05, 0.1) is 0 Å². The number of Topliss-reactive ketones (excluding diaryl/α,β-unsaturated/α-hetero) is 1. The van der Waals surface area contributed by atoms with Crippen molar-refractivity contribution in [3.63, 3.8) is 0 Å². The molecule has 0 bridgehead atoms. The van der Waals surface area contributed by atoms with Crippen LogP contribution in [0, 0.1) is 0 Å². The van der Waals surface area contributed by atoms with Crippen LogP contribution in [0.3, 0.4) is 0 Å². The van der Waals surface area contributed by atoms with Gasteiger partial charge >= 0.3 is 0 Å². The van der Waals surface area contributed by atoms with Crippen LogP contribution in [0.25, 0.3) is 5.57 Å². The van der Waals surface area contributed by atoms with Crippen LogP contribution in [-0.2, 0) is 11.8 Å². The molecule has 2 heteroatoms. The third-order valence-corrected chi connectivity index (χ3v) is 6.23. The third kappa shape index (κ3) is 1.69. The summed E-state index contributed by atoms with van der Waals surface area (Å²) in [5.74, 6) is 0.409. The molecule has 0 atom stereocenters. The number of hydrogen-bond acceptors (Lipinski definition) is 2. The number of allylic oxidation sites excluding steroid dienone is 2. The van der Waals surface area contributed by atoms with Gasteiger partial charge in [0.1, 0.15) is 5.75 Å². The number of aromatic hydroxyl groups is 1. The molecule has 1 N–H and O–H groups in total. The lowest BCUT2D eigenvalue weighted by Gasteiger charge is -2.43. The van der Waals surface area contributed by atoms with Crippen molar-refractivity contribution in [2.75, 3.05) is 0 Å². The van der Waals surface area contributed by atoms with Gasteiger partial charge in [-0.25, -0.2) is 0 Å². The molecule has 0 aliphatic heterocycles. The number of rotatable bonds is 0. The quantitative estimate of drug-likeness (QED) is 0.758. The van der Waals surface area contributed by atoms with Crippen molar-refractivity contribution in [3.8, 4) is 5.75 Å². The summed E-state index contributed by atoms with van der Waals surface area (Å²) < 4.78 is 0. The maximum absolute atomic E-state index is 13.3. The van der Waals surface area contributed by atoms with Crippen molar-refractivity contribution in [1.82, 2.24) is 0 Å². The molecule has 5 rings (SSSR count). The van der Waals surface area contributed by atoms with E-state index in [1.165, 1.54) is 30.4 Å². The number of fused-ring (bicyclic) bond motifs is 5. The molecular weight excluding hydrogens is 296 g/mol. The second kappa shape index (κ2) is 4.83.